The van der Waals surface area contributed by atoms with Gasteiger partial charge in [0, 0.05) is 0 Å². The van der Waals surface area contributed by atoms with E-state index in [0.717, 1.165) is 0 Å². The van der Waals surface area contributed by atoms with Crippen molar-refractivity contribution in [2.45, 2.75) is 0 Å². The fourth-order valence-corrected chi connectivity index (χ4v) is 0. The zero-order valence-electron chi connectivity index (χ0n) is 5.77. The van der Waals surface area contributed by atoms with Gasteiger partial charge in [0.15, 0.2) is 0 Å². The van der Waals surface area contributed by atoms with E-state index in [1.54, 1.807) is 0 Å². The summed E-state index contributed by atoms with van der Waals surface area (Å²) in [7, 11) is -10.1. The molecular formula is Eu2O9P3+3. The average Bonchev–Trinajstić information content (AvgIpc) is 1.54. The second kappa shape index (κ2) is 25.2. The van der Waals surface area contributed by atoms with Gasteiger partial charge in [0.2, 0.25) is 0 Å². The summed E-state index contributed by atoms with van der Waals surface area (Å²) in [6.45, 7) is 0. The maximum absolute atomic E-state index is 8.48. The average molecular weight is 541 g/mol. The number of hydrogen-bond acceptors (Lipinski definition) is 9. The summed E-state index contributed by atoms with van der Waals surface area (Å²) in [6, 6.07) is 0. The van der Waals surface area contributed by atoms with Crippen LogP contribution in [-0.4, -0.2) is 0 Å². The summed E-state index contributed by atoms with van der Waals surface area (Å²) >= 11 is 0. The summed E-state index contributed by atoms with van der Waals surface area (Å²) in [5.41, 5.74) is 0. The molecule has 0 atom stereocenters. The first-order valence-electron chi connectivity index (χ1n) is 1.64. The fourth-order valence-electron chi connectivity index (χ4n) is 0. The summed E-state index contributed by atoms with van der Waals surface area (Å²) < 4.78 is 25.4. The molecule has 0 aliphatic rings. The molecule has 0 spiro atoms. The van der Waals surface area contributed by atoms with E-state index in [1.807, 2.05) is 0 Å². The maximum atomic E-state index is 8.48. The number of hydrogen-bond donors (Lipinski definition) is 0. The predicted molar refractivity (Wildman–Crippen MR) is 22.8 cm³/mol. The summed E-state index contributed by atoms with van der Waals surface area (Å²) in [5.74, 6) is 0. The van der Waals surface area contributed by atoms with E-state index in [-0.39, 0.29) is 98.8 Å². The first-order chi connectivity index (χ1) is 5.20. The third-order valence-electron chi connectivity index (χ3n) is 0. The smallest absolute Gasteiger partial charge is 0.598 e. The molecule has 80 valence electrons. The minimum Gasteiger partial charge on any atom is -0.598 e. The Kier molecular flexibility index (Phi) is 54.5. The van der Waals surface area contributed by atoms with Crippen LogP contribution >= 0.6 is 24.8 Å². The minimum atomic E-state index is -3.37. The van der Waals surface area contributed by atoms with Crippen LogP contribution in [-0.2, 0) is 13.7 Å². The van der Waals surface area contributed by atoms with E-state index in [0.29, 0.717) is 0 Å². The molecule has 0 amide bonds. The van der Waals surface area contributed by atoms with Gasteiger partial charge in [0.1, 0.15) is 0 Å². The van der Waals surface area contributed by atoms with Crippen molar-refractivity contribution < 1.29 is 142 Å². The zero-order chi connectivity index (χ0) is 10.7. The van der Waals surface area contributed by atoms with Crippen LogP contribution in [0.3, 0.4) is 0 Å². The van der Waals surface area contributed by atoms with E-state index >= 15 is 0 Å². The molecule has 0 saturated carbocycles. The molecule has 0 aliphatic heterocycles. The molecule has 0 fully saturated rings. The van der Waals surface area contributed by atoms with Crippen molar-refractivity contribution in [2.75, 3.05) is 0 Å². The molecular weight excluding hydrogens is 541 g/mol. The van der Waals surface area contributed by atoms with Crippen molar-refractivity contribution in [3.05, 3.63) is 0 Å². The quantitative estimate of drug-likeness (QED) is 0.271. The Hall–Kier alpha value is 3.23. The molecule has 0 saturated heterocycles. The van der Waals surface area contributed by atoms with Gasteiger partial charge in [0.05, 0.1) is 0 Å². The van der Waals surface area contributed by atoms with Gasteiger partial charge in [-0.2, -0.15) is 0 Å². The van der Waals surface area contributed by atoms with Gasteiger partial charge in [-0.05, 0) is 0 Å². The third kappa shape index (κ3) is 296. The maximum Gasteiger partial charge on any atom is 3.00 e. The molecule has 0 aromatic carbocycles. The van der Waals surface area contributed by atoms with Crippen LogP contribution in [0.1, 0.15) is 0 Å². The first-order valence-corrected chi connectivity index (χ1v) is 4.93. The van der Waals surface area contributed by atoms with E-state index < -0.39 is 24.8 Å². The third-order valence-corrected chi connectivity index (χ3v) is 0. The van der Waals surface area contributed by atoms with Gasteiger partial charge in [-0.15, -0.1) is 0 Å². The Morgan fingerprint density at radius 3 is 0.500 bits per heavy atom. The van der Waals surface area contributed by atoms with E-state index in [2.05, 4.69) is 0 Å². The van der Waals surface area contributed by atoms with Crippen molar-refractivity contribution in [3.8, 4) is 0 Å². The Morgan fingerprint density at radius 2 is 0.500 bits per heavy atom. The van der Waals surface area contributed by atoms with Crippen molar-refractivity contribution >= 4 is 24.8 Å². The van der Waals surface area contributed by atoms with E-state index in [1.165, 1.54) is 0 Å². The molecule has 14 heavy (non-hydrogen) atoms. The molecule has 0 bridgehead atoms. The van der Waals surface area contributed by atoms with Crippen LogP contribution in [0.25, 0.3) is 0 Å². The second-order valence-corrected chi connectivity index (χ2v) is 2.01. The first kappa shape index (κ1) is 30.3. The topological polar surface area (TPSA) is 190 Å². The van der Waals surface area contributed by atoms with Crippen LogP contribution in [0, 0.1) is 98.8 Å². The fraction of sp³-hybridized carbons (Fsp3) is 0. The molecule has 0 N–H and O–H groups in total. The Labute approximate surface area is 163 Å². The molecule has 0 radical (unpaired) electrons. The van der Waals surface area contributed by atoms with Gasteiger partial charge in [-0.25, -0.2) is 0 Å². The Bertz CT molecular complexity index is 116. The van der Waals surface area contributed by atoms with E-state index in [4.69, 9.17) is 43.1 Å². The van der Waals surface area contributed by atoms with Crippen LogP contribution in [0.4, 0.5) is 0 Å². The van der Waals surface area contributed by atoms with Crippen molar-refractivity contribution in [3.63, 3.8) is 0 Å². The standard InChI is InChI=1S/2Eu.3HO3P/c;;3*1-4(2)3/h;;3*(H,1,2,3)/q2*+3;;;/p-3. The van der Waals surface area contributed by atoms with Gasteiger partial charge < -0.3 is 29.4 Å². The molecule has 0 unspecified atom stereocenters. The Balaban J connectivity index is -0.0000000270. The van der Waals surface area contributed by atoms with Crippen molar-refractivity contribution in [2.24, 2.45) is 0 Å². The van der Waals surface area contributed by atoms with Crippen LogP contribution < -0.4 is 29.4 Å². The van der Waals surface area contributed by atoms with Gasteiger partial charge in [-0.1, -0.05) is 13.7 Å². The summed E-state index contributed by atoms with van der Waals surface area (Å²) in [5, 5.41) is 0. The SMILES string of the molecule is O=[P+]([O-])[O-].O=[P+]([O-])[O-].O=[P+]([O-])[O-].[Eu+3].[Eu+3]. The summed E-state index contributed by atoms with van der Waals surface area (Å²) in [6.07, 6.45) is 0. The monoisotopic (exact) mass is 543 g/mol. The van der Waals surface area contributed by atoms with Crippen LogP contribution in [0.15, 0.2) is 0 Å². The molecule has 0 aromatic heterocycles. The predicted octanol–water partition coefficient (Wildman–Crippen LogP) is -4.91. The number of rotatable bonds is 0. The normalized spacial score (nSPS) is 5.57. The van der Waals surface area contributed by atoms with Crippen molar-refractivity contribution in [1.29, 1.82) is 0 Å². The molecule has 14 heteroatoms. The zero-order valence-corrected chi connectivity index (χ0v) is 13.3. The molecule has 0 rings (SSSR count). The molecule has 0 heterocycles. The molecule has 0 aromatic rings. The van der Waals surface area contributed by atoms with Crippen LogP contribution in [0.5, 0.6) is 0 Å². The van der Waals surface area contributed by atoms with Gasteiger partial charge in [-0.3, -0.25) is 0 Å². The second-order valence-electron chi connectivity index (χ2n) is 0.671. The van der Waals surface area contributed by atoms with Gasteiger partial charge >= 0.3 is 98.8 Å². The summed E-state index contributed by atoms with van der Waals surface area (Å²) in [4.78, 5) is 50.9. The van der Waals surface area contributed by atoms with E-state index in [9.17, 15) is 0 Å². The Morgan fingerprint density at radius 1 is 0.500 bits per heavy atom. The van der Waals surface area contributed by atoms with Crippen LogP contribution in [0.2, 0.25) is 0 Å². The van der Waals surface area contributed by atoms with Crippen molar-refractivity contribution in [1.82, 2.24) is 0 Å². The van der Waals surface area contributed by atoms with Gasteiger partial charge in [0.25, 0.3) is 24.8 Å². The molecule has 0 aliphatic carbocycles. The minimum absolute atomic E-state index is 0. The molecule has 9 nitrogen and oxygen atoms in total. The largest absolute Gasteiger partial charge is 3.00 e.